The van der Waals surface area contributed by atoms with Gasteiger partial charge in [-0.05, 0) is 25.3 Å². The van der Waals surface area contributed by atoms with E-state index in [0.717, 1.165) is 23.3 Å². The molecule has 2 aromatic rings. The smallest absolute Gasteiger partial charge is 0.275 e. The van der Waals surface area contributed by atoms with E-state index in [2.05, 4.69) is 9.71 Å². The summed E-state index contributed by atoms with van der Waals surface area (Å²) in [6.45, 7) is 1.62. The molecule has 0 spiro atoms. The van der Waals surface area contributed by atoms with Crippen molar-refractivity contribution >= 4 is 32.4 Å². The van der Waals surface area contributed by atoms with E-state index in [4.69, 9.17) is 0 Å². The summed E-state index contributed by atoms with van der Waals surface area (Å²) in [4.78, 5) is 17.9. The van der Waals surface area contributed by atoms with E-state index in [0.29, 0.717) is 17.2 Å². The van der Waals surface area contributed by atoms with Gasteiger partial charge in [-0.3, -0.25) is 4.79 Å². The van der Waals surface area contributed by atoms with Crippen molar-refractivity contribution in [3.63, 3.8) is 0 Å². The zero-order valence-corrected chi connectivity index (χ0v) is 15.6. The second kappa shape index (κ2) is 7.76. The third-order valence-corrected chi connectivity index (χ3v) is 6.64. The van der Waals surface area contributed by atoms with Crippen LogP contribution in [-0.2, 0) is 21.2 Å². The maximum Gasteiger partial charge on any atom is 0.275 e. The molecule has 8 heteroatoms. The van der Waals surface area contributed by atoms with Gasteiger partial charge < -0.3 is 4.90 Å². The summed E-state index contributed by atoms with van der Waals surface area (Å²) in [7, 11) is -0.291. The van der Waals surface area contributed by atoms with Crippen LogP contribution in [0.5, 0.6) is 0 Å². The van der Waals surface area contributed by atoms with Crippen molar-refractivity contribution in [2.75, 3.05) is 19.0 Å². The monoisotopic (exact) mass is 367 g/mol. The molecule has 0 unspecified atom stereocenters. The summed E-state index contributed by atoms with van der Waals surface area (Å²) in [5, 5.41) is 0.587. The molecule has 0 saturated carbocycles. The number of carbonyl (C=O) groups excluding carboxylic acids is 1. The Morgan fingerprint density at radius 2 is 1.92 bits per heavy atom. The van der Waals surface area contributed by atoms with Crippen LogP contribution in [0.15, 0.2) is 34.5 Å². The van der Waals surface area contributed by atoms with Crippen molar-refractivity contribution in [2.45, 2.75) is 30.4 Å². The number of nitrogens with one attached hydrogen (secondary N) is 1. The van der Waals surface area contributed by atoms with Gasteiger partial charge in [-0.15, -0.1) is 0 Å². The van der Waals surface area contributed by atoms with Gasteiger partial charge >= 0.3 is 0 Å². The zero-order chi connectivity index (χ0) is 17.7. The van der Waals surface area contributed by atoms with Crippen LogP contribution in [0.1, 0.15) is 24.1 Å². The Morgan fingerprint density at radius 3 is 2.50 bits per heavy atom. The topological polar surface area (TPSA) is 79.4 Å². The average Bonchev–Trinajstić information content (AvgIpc) is 2.91. The molecule has 0 atom stereocenters. The minimum Gasteiger partial charge on any atom is -0.354 e. The first-order valence-electron chi connectivity index (χ1n) is 7.54. The van der Waals surface area contributed by atoms with Crippen LogP contribution < -0.4 is 9.62 Å². The first-order valence-corrected chi connectivity index (χ1v) is 9.84. The molecule has 1 N–H and O–H groups in total. The fraction of sp³-hybridized carbons (Fsp3) is 0.375. The Bertz CT molecular complexity index is 799. The van der Waals surface area contributed by atoms with Crippen molar-refractivity contribution in [1.82, 2.24) is 9.71 Å². The third-order valence-electron chi connectivity index (χ3n) is 3.33. The standard InChI is InChI=1S/C16H21N3O3S2/c1-12-15(23-16(17-12)19(2)3)24(21,22)18-14(20)11-7-10-13-8-5-4-6-9-13/h4-6,8-9H,7,10-11H2,1-3H3,(H,18,20). The second-order valence-corrected chi connectivity index (χ2v) is 8.49. The van der Waals surface area contributed by atoms with Gasteiger partial charge in [0.15, 0.2) is 9.34 Å². The number of rotatable bonds is 7. The molecule has 24 heavy (non-hydrogen) atoms. The predicted octanol–water partition coefficient (Wildman–Crippen LogP) is 2.35. The highest BCUT2D eigenvalue weighted by Gasteiger charge is 2.24. The van der Waals surface area contributed by atoms with E-state index in [1.807, 2.05) is 30.3 Å². The van der Waals surface area contributed by atoms with Crippen molar-refractivity contribution in [1.29, 1.82) is 0 Å². The molecule has 1 amide bonds. The Kier molecular flexibility index (Phi) is 5.95. The summed E-state index contributed by atoms with van der Waals surface area (Å²) in [5.41, 5.74) is 1.52. The maximum absolute atomic E-state index is 12.4. The number of thiazole rings is 1. The number of anilines is 1. The van der Waals surface area contributed by atoms with Crippen molar-refractivity contribution in [2.24, 2.45) is 0 Å². The van der Waals surface area contributed by atoms with E-state index in [1.165, 1.54) is 0 Å². The number of hydrogen-bond donors (Lipinski definition) is 1. The van der Waals surface area contributed by atoms with Crippen LogP contribution in [0.2, 0.25) is 0 Å². The largest absolute Gasteiger partial charge is 0.354 e. The summed E-state index contributed by atoms with van der Waals surface area (Å²) >= 11 is 1.05. The molecule has 2 rings (SSSR count). The summed E-state index contributed by atoms with van der Waals surface area (Å²) in [6, 6.07) is 9.78. The molecule has 0 aliphatic rings. The molecule has 0 radical (unpaired) electrons. The van der Waals surface area contributed by atoms with E-state index >= 15 is 0 Å². The molecule has 0 aliphatic carbocycles. The Labute approximate surface area is 146 Å². The Balaban J connectivity index is 1.95. The normalized spacial score (nSPS) is 11.3. The first kappa shape index (κ1) is 18.4. The van der Waals surface area contributed by atoms with Crippen LogP contribution >= 0.6 is 11.3 Å². The average molecular weight is 367 g/mol. The number of nitrogens with zero attached hydrogens (tertiary/aromatic N) is 2. The molecule has 0 bridgehead atoms. The predicted molar refractivity (Wildman–Crippen MR) is 95.9 cm³/mol. The lowest BCUT2D eigenvalue weighted by molar-refractivity contribution is -0.119. The molecule has 0 fully saturated rings. The lowest BCUT2D eigenvalue weighted by Crippen LogP contribution is -2.30. The molecule has 1 aromatic carbocycles. The number of carbonyl (C=O) groups is 1. The van der Waals surface area contributed by atoms with Gasteiger partial charge in [0, 0.05) is 20.5 Å². The van der Waals surface area contributed by atoms with Crippen LogP contribution in [0.4, 0.5) is 5.13 Å². The number of aryl methyl sites for hydroxylation is 2. The van der Waals surface area contributed by atoms with E-state index in [1.54, 1.807) is 25.9 Å². The molecule has 1 aromatic heterocycles. The van der Waals surface area contributed by atoms with E-state index in [-0.39, 0.29) is 10.6 Å². The fourth-order valence-corrected chi connectivity index (χ4v) is 4.60. The molecular formula is C16H21N3O3S2. The highest BCUT2D eigenvalue weighted by atomic mass is 32.2. The number of hydrogen-bond acceptors (Lipinski definition) is 6. The van der Waals surface area contributed by atoms with Gasteiger partial charge in [-0.2, -0.15) is 0 Å². The van der Waals surface area contributed by atoms with Crippen molar-refractivity contribution in [3.05, 3.63) is 41.6 Å². The van der Waals surface area contributed by atoms with Crippen LogP contribution in [0, 0.1) is 6.92 Å². The highest BCUT2D eigenvalue weighted by Crippen LogP contribution is 2.28. The molecule has 0 aliphatic heterocycles. The van der Waals surface area contributed by atoms with Crippen LogP contribution in [0.25, 0.3) is 0 Å². The molecule has 6 nitrogen and oxygen atoms in total. The minimum absolute atomic E-state index is 0.0857. The highest BCUT2D eigenvalue weighted by molar-refractivity contribution is 7.92. The Hall–Kier alpha value is -1.93. The molecular weight excluding hydrogens is 346 g/mol. The summed E-state index contributed by atoms with van der Waals surface area (Å²) in [6.07, 6.45) is 1.49. The van der Waals surface area contributed by atoms with E-state index in [9.17, 15) is 13.2 Å². The van der Waals surface area contributed by atoms with Crippen molar-refractivity contribution < 1.29 is 13.2 Å². The third kappa shape index (κ3) is 4.78. The van der Waals surface area contributed by atoms with Gasteiger partial charge in [0.1, 0.15) is 0 Å². The zero-order valence-electron chi connectivity index (χ0n) is 13.9. The van der Waals surface area contributed by atoms with Gasteiger partial charge in [0.2, 0.25) is 5.91 Å². The number of benzene rings is 1. The quantitative estimate of drug-likeness (QED) is 0.813. The van der Waals surface area contributed by atoms with Gasteiger partial charge in [0.05, 0.1) is 5.69 Å². The molecule has 0 saturated heterocycles. The number of amides is 1. The lowest BCUT2D eigenvalue weighted by Gasteiger charge is -2.06. The number of sulfonamides is 1. The minimum atomic E-state index is -3.87. The Morgan fingerprint density at radius 1 is 1.25 bits per heavy atom. The van der Waals surface area contributed by atoms with Crippen LogP contribution in [0.3, 0.4) is 0 Å². The fourth-order valence-electron chi connectivity index (χ4n) is 2.15. The first-order chi connectivity index (χ1) is 11.3. The van der Waals surface area contributed by atoms with Gasteiger partial charge in [-0.1, -0.05) is 41.7 Å². The lowest BCUT2D eigenvalue weighted by atomic mass is 10.1. The van der Waals surface area contributed by atoms with Gasteiger partial charge in [-0.25, -0.2) is 18.1 Å². The summed E-state index contributed by atoms with van der Waals surface area (Å²) in [5.74, 6) is -0.495. The number of aromatic nitrogens is 1. The van der Waals surface area contributed by atoms with E-state index < -0.39 is 15.9 Å². The van der Waals surface area contributed by atoms with Crippen LogP contribution in [-0.4, -0.2) is 33.4 Å². The molecule has 130 valence electrons. The summed E-state index contributed by atoms with van der Waals surface area (Å²) < 4.78 is 26.9. The maximum atomic E-state index is 12.4. The SMILES string of the molecule is Cc1nc(N(C)C)sc1S(=O)(=O)NC(=O)CCCc1ccccc1. The van der Waals surface area contributed by atoms with Crippen molar-refractivity contribution in [3.8, 4) is 0 Å². The molecule has 1 heterocycles. The van der Waals surface area contributed by atoms with Gasteiger partial charge in [0.25, 0.3) is 10.0 Å². The second-order valence-electron chi connectivity index (χ2n) is 5.63.